The second-order valence-electron chi connectivity index (χ2n) is 2.82. The molecule has 13 heavy (non-hydrogen) atoms. The SMILES string of the molecule is Cn1c(=O)n(C)c2[nH]c(=S)ncc21. The normalized spacial score (nSPS) is 10.9. The maximum Gasteiger partial charge on any atom is 0.329 e. The second-order valence-corrected chi connectivity index (χ2v) is 3.21. The molecule has 0 radical (unpaired) electrons. The van der Waals surface area contributed by atoms with Gasteiger partial charge in [0.1, 0.15) is 11.2 Å². The highest BCUT2D eigenvalue weighted by atomic mass is 32.1. The Labute approximate surface area is 78.7 Å². The van der Waals surface area contributed by atoms with Crippen molar-refractivity contribution in [2.45, 2.75) is 0 Å². The van der Waals surface area contributed by atoms with Crippen molar-refractivity contribution < 1.29 is 0 Å². The lowest BCUT2D eigenvalue weighted by atomic mass is 10.5. The highest BCUT2D eigenvalue weighted by Crippen LogP contribution is 2.04. The number of rotatable bonds is 0. The first-order chi connectivity index (χ1) is 6.11. The highest BCUT2D eigenvalue weighted by molar-refractivity contribution is 7.71. The van der Waals surface area contributed by atoms with Gasteiger partial charge in [0.05, 0.1) is 6.20 Å². The fourth-order valence-corrected chi connectivity index (χ4v) is 1.45. The van der Waals surface area contributed by atoms with Gasteiger partial charge in [0.25, 0.3) is 0 Å². The first-order valence-corrected chi connectivity index (χ1v) is 4.13. The third-order valence-electron chi connectivity index (χ3n) is 2.04. The minimum atomic E-state index is -0.0892. The second kappa shape index (κ2) is 2.53. The Bertz CT molecular complexity index is 576. The van der Waals surface area contributed by atoms with Crippen molar-refractivity contribution in [3.8, 4) is 0 Å². The minimum Gasteiger partial charge on any atom is -0.315 e. The van der Waals surface area contributed by atoms with Gasteiger partial charge in [-0.1, -0.05) is 0 Å². The lowest BCUT2D eigenvalue weighted by Gasteiger charge is -1.92. The van der Waals surface area contributed by atoms with Crippen LogP contribution in [0.3, 0.4) is 0 Å². The molecule has 0 aromatic carbocycles. The zero-order valence-electron chi connectivity index (χ0n) is 7.24. The predicted molar refractivity (Wildman–Crippen MR) is 51.1 cm³/mol. The van der Waals surface area contributed by atoms with Gasteiger partial charge in [0.2, 0.25) is 0 Å². The molecule has 0 saturated carbocycles. The van der Waals surface area contributed by atoms with Crippen LogP contribution in [-0.2, 0) is 14.1 Å². The van der Waals surface area contributed by atoms with E-state index < -0.39 is 0 Å². The Kier molecular flexibility index (Phi) is 1.59. The Morgan fingerprint density at radius 3 is 2.85 bits per heavy atom. The maximum absolute atomic E-state index is 11.4. The van der Waals surface area contributed by atoms with Crippen molar-refractivity contribution in [1.82, 2.24) is 19.1 Å². The summed E-state index contributed by atoms with van der Waals surface area (Å²) in [6, 6.07) is 0. The van der Waals surface area contributed by atoms with Crippen LogP contribution in [0.2, 0.25) is 0 Å². The number of aromatic amines is 1. The lowest BCUT2D eigenvalue weighted by Crippen LogP contribution is -2.19. The summed E-state index contributed by atoms with van der Waals surface area (Å²) in [5.74, 6) is 0. The molecule has 0 aliphatic carbocycles. The van der Waals surface area contributed by atoms with E-state index in [-0.39, 0.29) is 5.69 Å². The first-order valence-electron chi connectivity index (χ1n) is 3.72. The summed E-state index contributed by atoms with van der Waals surface area (Å²) >= 11 is 4.86. The smallest absolute Gasteiger partial charge is 0.315 e. The number of nitrogens with one attached hydrogen (secondary N) is 1. The average molecular weight is 196 g/mol. The van der Waals surface area contributed by atoms with E-state index in [1.54, 1.807) is 20.3 Å². The lowest BCUT2D eigenvalue weighted by molar-refractivity contribution is 0.791. The Morgan fingerprint density at radius 2 is 2.15 bits per heavy atom. The molecule has 2 rings (SSSR count). The molecule has 0 saturated heterocycles. The van der Waals surface area contributed by atoms with E-state index in [1.165, 1.54) is 9.13 Å². The molecule has 2 aromatic heterocycles. The van der Waals surface area contributed by atoms with E-state index in [1.807, 2.05) is 0 Å². The average Bonchev–Trinajstić information content (AvgIpc) is 2.32. The van der Waals surface area contributed by atoms with Gasteiger partial charge in [-0.25, -0.2) is 9.78 Å². The Hall–Kier alpha value is -1.43. The number of nitrogens with zero attached hydrogens (tertiary/aromatic N) is 3. The number of fused-ring (bicyclic) bond motifs is 1. The van der Waals surface area contributed by atoms with Gasteiger partial charge in [-0.2, -0.15) is 0 Å². The molecule has 6 heteroatoms. The molecular formula is C7H8N4OS. The van der Waals surface area contributed by atoms with E-state index in [0.29, 0.717) is 10.4 Å². The summed E-state index contributed by atoms with van der Waals surface area (Å²) < 4.78 is 3.41. The molecule has 0 spiro atoms. The van der Waals surface area contributed by atoms with Crippen LogP contribution in [0.1, 0.15) is 0 Å². The Balaban J connectivity index is 3.12. The van der Waals surface area contributed by atoms with Crippen LogP contribution in [0, 0.1) is 4.77 Å². The molecular weight excluding hydrogens is 188 g/mol. The molecule has 0 amide bonds. The van der Waals surface area contributed by atoms with E-state index in [0.717, 1.165) is 5.52 Å². The largest absolute Gasteiger partial charge is 0.329 e. The predicted octanol–water partition coefficient (Wildman–Crippen LogP) is 0.330. The van der Waals surface area contributed by atoms with Crippen LogP contribution in [-0.4, -0.2) is 19.1 Å². The van der Waals surface area contributed by atoms with Crippen LogP contribution >= 0.6 is 12.2 Å². The van der Waals surface area contributed by atoms with Crippen LogP contribution in [0.15, 0.2) is 11.0 Å². The summed E-state index contributed by atoms with van der Waals surface area (Å²) in [7, 11) is 3.39. The van der Waals surface area contributed by atoms with Gasteiger partial charge in [0, 0.05) is 14.1 Å². The molecule has 0 fully saturated rings. The molecule has 68 valence electrons. The van der Waals surface area contributed by atoms with Crippen molar-refractivity contribution >= 4 is 23.4 Å². The summed E-state index contributed by atoms with van der Waals surface area (Å²) in [6.07, 6.45) is 1.59. The molecule has 0 aliphatic heterocycles. The quantitative estimate of drug-likeness (QED) is 0.618. The van der Waals surface area contributed by atoms with Gasteiger partial charge in [-0.3, -0.25) is 9.13 Å². The third-order valence-corrected chi connectivity index (χ3v) is 2.25. The standard InChI is InChI=1S/C7H8N4OS/c1-10-4-3-8-6(13)9-5(4)11(2)7(10)12/h3H,1-2H3,(H,8,9,13). The topological polar surface area (TPSA) is 55.6 Å². The highest BCUT2D eigenvalue weighted by Gasteiger charge is 2.06. The van der Waals surface area contributed by atoms with E-state index in [9.17, 15) is 4.79 Å². The summed E-state index contributed by atoms with van der Waals surface area (Å²) in [5.41, 5.74) is 1.36. The first kappa shape index (κ1) is 8.18. The van der Waals surface area contributed by atoms with E-state index in [2.05, 4.69) is 9.97 Å². The molecule has 0 bridgehead atoms. The molecule has 0 unspecified atom stereocenters. The van der Waals surface area contributed by atoms with E-state index >= 15 is 0 Å². The number of H-pyrrole nitrogens is 1. The van der Waals surface area contributed by atoms with Gasteiger partial charge in [-0.05, 0) is 12.2 Å². The molecule has 0 atom stereocenters. The van der Waals surface area contributed by atoms with Crippen molar-refractivity contribution in [1.29, 1.82) is 0 Å². The molecule has 2 aromatic rings. The summed E-state index contributed by atoms with van der Waals surface area (Å²) in [4.78, 5) is 18.2. The van der Waals surface area contributed by atoms with Crippen molar-refractivity contribution in [3.05, 3.63) is 21.5 Å². The number of hydrogen-bond donors (Lipinski definition) is 1. The summed E-state index contributed by atoms with van der Waals surface area (Å²) in [5, 5.41) is 0. The number of aryl methyl sites for hydroxylation is 2. The zero-order chi connectivity index (χ0) is 9.59. The summed E-state index contributed by atoms with van der Waals surface area (Å²) in [6.45, 7) is 0. The fourth-order valence-electron chi connectivity index (χ4n) is 1.30. The number of imidazole rings is 1. The van der Waals surface area contributed by atoms with Crippen LogP contribution in [0.5, 0.6) is 0 Å². The van der Waals surface area contributed by atoms with Gasteiger partial charge in [0.15, 0.2) is 4.77 Å². The zero-order valence-corrected chi connectivity index (χ0v) is 8.05. The molecule has 1 N–H and O–H groups in total. The monoisotopic (exact) mass is 196 g/mol. The van der Waals surface area contributed by atoms with Gasteiger partial charge in [-0.15, -0.1) is 0 Å². The number of aromatic nitrogens is 4. The van der Waals surface area contributed by atoms with Crippen LogP contribution in [0.4, 0.5) is 0 Å². The maximum atomic E-state index is 11.4. The van der Waals surface area contributed by atoms with Crippen LogP contribution < -0.4 is 5.69 Å². The molecule has 2 heterocycles. The fraction of sp³-hybridized carbons (Fsp3) is 0.286. The van der Waals surface area contributed by atoms with Crippen LogP contribution in [0.25, 0.3) is 11.2 Å². The number of hydrogen-bond acceptors (Lipinski definition) is 3. The van der Waals surface area contributed by atoms with Gasteiger partial charge >= 0.3 is 5.69 Å². The van der Waals surface area contributed by atoms with Crippen molar-refractivity contribution in [2.24, 2.45) is 14.1 Å². The third kappa shape index (κ3) is 1.02. The Morgan fingerprint density at radius 1 is 1.46 bits per heavy atom. The van der Waals surface area contributed by atoms with E-state index in [4.69, 9.17) is 12.2 Å². The molecule has 0 aliphatic rings. The van der Waals surface area contributed by atoms with Gasteiger partial charge < -0.3 is 4.98 Å². The van der Waals surface area contributed by atoms with Crippen molar-refractivity contribution in [3.63, 3.8) is 0 Å². The van der Waals surface area contributed by atoms with Crippen molar-refractivity contribution in [2.75, 3.05) is 0 Å². The minimum absolute atomic E-state index is 0.0892. The molecule has 5 nitrogen and oxygen atoms in total.